The summed E-state index contributed by atoms with van der Waals surface area (Å²) in [5.41, 5.74) is 6.37. The van der Waals surface area contributed by atoms with Crippen LogP contribution in [0.4, 0.5) is 10.1 Å². The van der Waals surface area contributed by atoms with Gasteiger partial charge in [-0.15, -0.1) is 0 Å². The minimum absolute atomic E-state index is 0.109. The highest BCUT2D eigenvalue weighted by Crippen LogP contribution is 2.30. The van der Waals surface area contributed by atoms with Gasteiger partial charge in [-0.3, -0.25) is 0 Å². The fraction of sp³-hybridized carbons (Fsp3) is 0.333. The van der Waals surface area contributed by atoms with E-state index in [0.29, 0.717) is 16.3 Å². The minimum Gasteiger partial charge on any atom is -0.397 e. The number of hydrogen-bond donors (Lipinski definition) is 2. The molecule has 1 heterocycles. The van der Waals surface area contributed by atoms with E-state index in [0.717, 1.165) is 13.0 Å². The van der Waals surface area contributed by atoms with Gasteiger partial charge in [-0.25, -0.2) is 4.39 Å². The zero-order valence-corrected chi connectivity index (χ0v) is 7.74. The topological polar surface area (TPSA) is 38.0 Å². The third-order valence-corrected chi connectivity index (χ3v) is 2.64. The standard InChI is InChI=1S/C9H10ClFN2/c10-6-3-5(9-1-2-13-9)7(11)4-8(6)12/h3-4,9,13H,1-2,12H2/t9-/m0/s1. The molecule has 0 aromatic heterocycles. The largest absolute Gasteiger partial charge is 0.397 e. The highest BCUT2D eigenvalue weighted by atomic mass is 35.5. The van der Waals surface area contributed by atoms with Gasteiger partial charge in [0.05, 0.1) is 10.7 Å². The van der Waals surface area contributed by atoms with E-state index >= 15 is 0 Å². The van der Waals surface area contributed by atoms with Crippen molar-refractivity contribution in [1.29, 1.82) is 0 Å². The maximum absolute atomic E-state index is 13.3. The summed E-state index contributed by atoms with van der Waals surface area (Å²) in [6.07, 6.45) is 0.956. The Morgan fingerprint density at radius 1 is 1.54 bits per heavy atom. The summed E-state index contributed by atoms with van der Waals surface area (Å²) in [7, 11) is 0. The first kappa shape index (κ1) is 8.78. The Labute approximate surface area is 80.9 Å². The van der Waals surface area contributed by atoms with Gasteiger partial charge in [-0.1, -0.05) is 11.6 Å². The molecule has 1 aromatic rings. The van der Waals surface area contributed by atoms with Crippen LogP contribution in [0.3, 0.4) is 0 Å². The lowest BCUT2D eigenvalue weighted by Gasteiger charge is -2.28. The first-order valence-electron chi connectivity index (χ1n) is 4.16. The van der Waals surface area contributed by atoms with Crippen molar-refractivity contribution in [1.82, 2.24) is 5.32 Å². The van der Waals surface area contributed by atoms with E-state index < -0.39 is 0 Å². The van der Waals surface area contributed by atoms with E-state index in [1.165, 1.54) is 6.07 Å². The molecular weight excluding hydrogens is 191 g/mol. The summed E-state index contributed by atoms with van der Waals surface area (Å²) in [5.74, 6) is -0.279. The fourth-order valence-electron chi connectivity index (χ4n) is 1.40. The van der Waals surface area contributed by atoms with Crippen molar-refractivity contribution in [2.75, 3.05) is 12.3 Å². The number of nitrogens with two attached hydrogens (primary N) is 1. The molecule has 1 aliphatic heterocycles. The maximum atomic E-state index is 13.3. The number of halogens is 2. The minimum atomic E-state index is -0.279. The van der Waals surface area contributed by atoms with Crippen LogP contribution in [0.2, 0.25) is 5.02 Å². The molecule has 1 atom stereocenters. The number of benzene rings is 1. The molecule has 3 N–H and O–H groups in total. The highest BCUT2D eigenvalue weighted by molar-refractivity contribution is 6.33. The van der Waals surface area contributed by atoms with E-state index in [2.05, 4.69) is 5.32 Å². The molecule has 0 spiro atoms. The molecular formula is C9H10ClFN2. The lowest BCUT2D eigenvalue weighted by Crippen LogP contribution is -2.35. The summed E-state index contributed by atoms with van der Waals surface area (Å²) in [6.45, 7) is 0.937. The zero-order valence-electron chi connectivity index (χ0n) is 6.98. The number of nitrogens with one attached hydrogen (secondary N) is 1. The molecule has 1 aliphatic rings. The van der Waals surface area contributed by atoms with Crippen LogP contribution in [0.25, 0.3) is 0 Å². The van der Waals surface area contributed by atoms with Crippen molar-refractivity contribution in [3.8, 4) is 0 Å². The van der Waals surface area contributed by atoms with E-state index in [9.17, 15) is 4.39 Å². The molecule has 1 aromatic carbocycles. The quantitative estimate of drug-likeness (QED) is 0.682. The number of anilines is 1. The lowest BCUT2D eigenvalue weighted by atomic mass is 9.97. The molecule has 0 unspecified atom stereocenters. The molecule has 70 valence electrons. The fourth-order valence-corrected chi connectivity index (χ4v) is 1.57. The molecule has 0 aliphatic carbocycles. The van der Waals surface area contributed by atoms with Crippen molar-refractivity contribution in [2.45, 2.75) is 12.5 Å². The van der Waals surface area contributed by atoms with Gasteiger partial charge in [0, 0.05) is 11.6 Å². The Balaban J connectivity index is 2.39. The Bertz CT molecular complexity index is 337. The summed E-state index contributed by atoms with van der Waals surface area (Å²) < 4.78 is 13.3. The van der Waals surface area contributed by atoms with Gasteiger partial charge in [0.15, 0.2) is 0 Å². The van der Waals surface area contributed by atoms with Crippen molar-refractivity contribution in [2.24, 2.45) is 0 Å². The summed E-state index contributed by atoms with van der Waals surface area (Å²) in [6, 6.07) is 2.99. The lowest BCUT2D eigenvalue weighted by molar-refractivity contribution is 0.370. The zero-order chi connectivity index (χ0) is 9.42. The first-order valence-corrected chi connectivity index (χ1v) is 4.54. The van der Waals surface area contributed by atoms with Gasteiger partial charge in [0.25, 0.3) is 0 Å². The van der Waals surface area contributed by atoms with Crippen LogP contribution in [0.1, 0.15) is 18.0 Å². The van der Waals surface area contributed by atoms with E-state index in [1.807, 2.05) is 0 Å². The van der Waals surface area contributed by atoms with Crippen molar-refractivity contribution in [3.63, 3.8) is 0 Å². The van der Waals surface area contributed by atoms with Gasteiger partial charge >= 0.3 is 0 Å². The van der Waals surface area contributed by atoms with Gasteiger partial charge in [0.1, 0.15) is 5.82 Å². The molecule has 1 fully saturated rings. The number of rotatable bonds is 1. The van der Waals surface area contributed by atoms with Crippen LogP contribution in [0, 0.1) is 5.82 Å². The highest BCUT2D eigenvalue weighted by Gasteiger charge is 2.22. The molecule has 13 heavy (non-hydrogen) atoms. The second-order valence-electron chi connectivity index (χ2n) is 3.19. The molecule has 0 amide bonds. The molecule has 2 nitrogen and oxygen atoms in total. The normalized spacial score (nSPS) is 21.2. The Hall–Kier alpha value is -0.800. The van der Waals surface area contributed by atoms with Crippen LogP contribution in [-0.2, 0) is 0 Å². The van der Waals surface area contributed by atoms with Crippen LogP contribution >= 0.6 is 11.6 Å². The molecule has 1 saturated heterocycles. The monoisotopic (exact) mass is 200 g/mol. The van der Waals surface area contributed by atoms with Crippen LogP contribution in [0.5, 0.6) is 0 Å². The molecule has 0 radical (unpaired) electrons. The van der Waals surface area contributed by atoms with E-state index in [4.69, 9.17) is 17.3 Å². The molecule has 2 rings (SSSR count). The van der Waals surface area contributed by atoms with Gasteiger partial charge in [-0.05, 0) is 25.1 Å². The summed E-state index contributed by atoms with van der Waals surface area (Å²) in [4.78, 5) is 0. The smallest absolute Gasteiger partial charge is 0.130 e. The van der Waals surface area contributed by atoms with Crippen molar-refractivity contribution in [3.05, 3.63) is 28.5 Å². The first-order chi connectivity index (χ1) is 6.18. The van der Waals surface area contributed by atoms with Crippen LogP contribution in [0.15, 0.2) is 12.1 Å². The van der Waals surface area contributed by atoms with E-state index in [-0.39, 0.29) is 11.9 Å². The summed E-state index contributed by atoms with van der Waals surface area (Å²) in [5, 5.41) is 3.53. The second-order valence-corrected chi connectivity index (χ2v) is 3.60. The molecule has 0 saturated carbocycles. The predicted molar refractivity (Wildman–Crippen MR) is 51.2 cm³/mol. The Morgan fingerprint density at radius 3 is 2.77 bits per heavy atom. The third kappa shape index (κ3) is 1.49. The SMILES string of the molecule is Nc1cc(F)c([C@@H]2CCN2)cc1Cl. The maximum Gasteiger partial charge on any atom is 0.130 e. The Kier molecular flexibility index (Phi) is 2.14. The molecule has 4 heteroatoms. The van der Waals surface area contributed by atoms with Crippen molar-refractivity contribution >= 4 is 17.3 Å². The average molecular weight is 201 g/mol. The predicted octanol–water partition coefficient (Wildman–Crippen LogP) is 2.10. The van der Waals surface area contributed by atoms with Gasteiger partial charge < -0.3 is 11.1 Å². The number of hydrogen-bond acceptors (Lipinski definition) is 2. The third-order valence-electron chi connectivity index (χ3n) is 2.32. The average Bonchev–Trinajstić information content (AvgIpc) is 1.96. The Morgan fingerprint density at radius 2 is 2.23 bits per heavy atom. The van der Waals surface area contributed by atoms with Gasteiger partial charge in [-0.2, -0.15) is 0 Å². The van der Waals surface area contributed by atoms with Gasteiger partial charge in [0.2, 0.25) is 0 Å². The molecule has 0 bridgehead atoms. The number of nitrogen functional groups attached to an aromatic ring is 1. The van der Waals surface area contributed by atoms with E-state index in [1.54, 1.807) is 6.07 Å². The van der Waals surface area contributed by atoms with Crippen molar-refractivity contribution < 1.29 is 4.39 Å². The summed E-state index contributed by atoms with van der Waals surface area (Å²) >= 11 is 5.79. The second kappa shape index (κ2) is 3.16. The van der Waals surface area contributed by atoms with Crippen LogP contribution in [-0.4, -0.2) is 6.54 Å². The van der Waals surface area contributed by atoms with Crippen LogP contribution < -0.4 is 11.1 Å².